The van der Waals surface area contributed by atoms with Crippen LogP contribution in [0.4, 0.5) is 11.5 Å². The molecule has 1 heterocycles. The summed E-state index contributed by atoms with van der Waals surface area (Å²) in [6.45, 7) is 0. The fraction of sp³-hybridized carbons (Fsp3) is 0.200. The highest BCUT2D eigenvalue weighted by atomic mass is 16.3. The number of nitrogens with zero attached hydrogens (tertiary/aromatic N) is 2. The number of para-hydroxylation sites is 1. The van der Waals surface area contributed by atoms with Gasteiger partial charge in [0.05, 0.1) is 5.69 Å². The van der Waals surface area contributed by atoms with E-state index in [-0.39, 0.29) is 0 Å². The minimum absolute atomic E-state index is 0.366. The van der Waals surface area contributed by atoms with Crippen LogP contribution in [-0.2, 0) is 0 Å². The van der Waals surface area contributed by atoms with Gasteiger partial charge in [-0.3, -0.25) is 0 Å². The summed E-state index contributed by atoms with van der Waals surface area (Å²) in [7, 11) is 1.84. The Morgan fingerprint density at radius 2 is 1.92 bits per heavy atom. The van der Waals surface area contributed by atoms with Crippen molar-refractivity contribution in [1.29, 1.82) is 0 Å². The monoisotopic (exact) mass is 334 g/mol. The molecule has 0 bridgehead atoms. The summed E-state index contributed by atoms with van der Waals surface area (Å²) in [4.78, 5) is 8.62. The Morgan fingerprint density at radius 3 is 2.60 bits per heavy atom. The van der Waals surface area contributed by atoms with E-state index in [0.29, 0.717) is 11.6 Å². The minimum Gasteiger partial charge on any atom is -0.508 e. The van der Waals surface area contributed by atoms with Gasteiger partial charge in [0, 0.05) is 30.6 Å². The second-order valence-corrected chi connectivity index (χ2v) is 5.84. The van der Waals surface area contributed by atoms with Gasteiger partial charge in [-0.25, -0.2) is 9.97 Å². The first-order chi connectivity index (χ1) is 12.3. The zero-order valence-electron chi connectivity index (χ0n) is 14.2. The average Bonchev–Trinajstić information content (AvgIpc) is 2.58. The number of benzene rings is 1. The fourth-order valence-electron chi connectivity index (χ4n) is 2.51. The third-order valence-corrected chi connectivity index (χ3v) is 4.05. The highest BCUT2D eigenvalue weighted by Gasteiger charge is 2.12. The van der Waals surface area contributed by atoms with Gasteiger partial charge in [0.1, 0.15) is 17.9 Å². The highest BCUT2D eigenvalue weighted by molar-refractivity contribution is 5.73. The zero-order chi connectivity index (χ0) is 17.5. The number of hydrogen-bond donors (Lipinski definition) is 3. The normalized spacial score (nSPS) is 14.3. The summed E-state index contributed by atoms with van der Waals surface area (Å²) >= 11 is 0. The number of aromatic nitrogens is 2. The van der Waals surface area contributed by atoms with Crippen LogP contribution in [0, 0.1) is 0 Å². The average molecular weight is 334 g/mol. The SMILES string of the molecule is CN/C=C(\C=C\C(O)=C1CCC1)c1cc(Nc2ccccc2)ncn1. The summed E-state index contributed by atoms with van der Waals surface area (Å²) in [5.41, 5.74) is 3.72. The van der Waals surface area contributed by atoms with Crippen molar-refractivity contribution in [1.82, 2.24) is 15.3 Å². The number of hydrogen-bond acceptors (Lipinski definition) is 5. The zero-order valence-corrected chi connectivity index (χ0v) is 14.2. The Morgan fingerprint density at radius 1 is 1.12 bits per heavy atom. The van der Waals surface area contributed by atoms with Crippen molar-refractivity contribution in [3.8, 4) is 0 Å². The molecule has 5 nitrogen and oxygen atoms in total. The maximum atomic E-state index is 10.1. The number of nitrogens with one attached hydrogen (secondary N) is 2. The summed E-state index contributed by atoms with van der Waals surface area (Å²) in [6.07, 6.45) is 10.1. The summed E-state index contributed by atoms with van der Waals surface area (Å²) in [5, 5.41) is 16.4. The van der Waals surface area contributed by atoms with E-state index in [4.69, 9.17) is 0 Å². The summed E-state index contributed by atoms with van der Waals surface area (Å²) < 4.78 is 0. The molecule has 1 aliphatic carbocycles. The van der Waals surface area contributed by atoms with Crippen molar-refractivity contribution in [2.24, 2.45) is 0 Å². The van der Waals surface area contributed by atoms with E-state index in [1.165, 1.54) is 6.33 Å². The second-order valence-electron chi connectivity index (χ2n) is 5.84. The molecule has 1 aromatic carbocycles. The van der Waals surface area contributed by atoms with Gasteiger partial charge < -0.3 is 15.7 Å². The fourth-order valence-corrected chi connectivity index (χ4v) is 2.51. The molecule has 1 aromatic heterocycles. The molecule has 0 spiro atoms. The lowest BCUT2D eigenvalue weighted by Crippen LogP contribution is -2.01. The Balaban J connectivity index is 1.81. The topological polar surface area (TPSA) is 70.1 Å². The van der Waals surface area contributed by atoms with Gasteiger partial charge in [0.25, 0.3) is 0 Å². The first-order valence-electron chi connectivity index (χ1n) is 8.37. The van der Waals surface area contributed by atoms with Gasteiger partial charge in [0.2, 0.25) is 0 Å². The third-order valence-electron chi connectivity index (χ3n) is 4.05. The molecule has 5 heteroatoms. The van der Waals surface area contributed by atoms with Gasteiger partial charge in [0.15, 0.2) is 0 Å². The standard InChI is InChI=1S/C20H22N4O/c1-21-13-16(10-11-19(25)15-6-5-7-15)18-12-20(23-14-22-18)24-17-8-3-2-4-9-17/h2-4,8-14,21,25H,5-7H2,1H3,(H,22,23,24)/b11-10+,16-13+. The predicted octanol–water partition coefficient (Wildman–Crippen LogP) is 4.33. The molecule has 2 aromatic rings. The van der Waals surface area contributed by atoms with Crippen LogP contribution in [-0.4, -0.2) is 22.1 Å². The second kappa shape index (κ2) is 8.15. The van der Waals surface area contributed by atoms with E-state index in [0.717, 1.165) is 41.8 Å². The smallest absolute Gasteiger partial charge is 0.134 e. The van der Waals surface area contributed by atoms with E-state index >= 15 is 0 Å². The molecule has 0 amide bonds. The van der Waals surface area contributed by atoms with Gasteiger partial charge in [-0.1, -0.05) is 18.2 Å². The van der Waals surface area contributed by atoms with Crippen LogP contribution in [0.15, 0.2) is 72.4 Å². The molecule has 1 aliphatic rings. The Kier molecular flexibility index (Phi) is 5.46. The number of allylic oxidation sites excluding steroid dienone is 4. The van der Waals surface area contributed by atoms with Crippen molar-refractivity contribution in [2.45, 2.75) is 19.3 Å². The molecular formula is C20H22N4O. The Labute approximate surface area is 147 Å². The van der Waals surface area contributed by atoms with Crippen molar-refractivity contribution in [3.63, 3.8) is 0 Å². The largest absolute Gasteiger partial charge is 0.508 e. The van der Waals surface area contributed by atoms with Crippen molar-refractivity contribution in [3.05, 3.63) is 78.1 Å². The minimum atomic E-state index is 0.366. The lowest BCUT2D eigenvalue weighted by atomic mass is 9.91. The highest BCUT2D eigenvalue weighted by Crippen LogP contribution is 2.28. The van der Waals surface area contributed by atoms with Crippen LogP contribution in [0.25, 0.3) is 5.57 Å². The van der Waals surface area contributed by atoms with Gasteiger partial charge in [-0.05, 0) is 49.1 Å². The first-order valence-corrected chi connectivity index (χ1v) is 8.37. The molecule has 0 unspecified atom stereocenters. The van der Waals surface area contributed by atoms with E-state index in [9.17, 15) is 5.11 Å². The lowest BCUT2D eigenvalue weighted by molar-refractivity contribution is 0.407. The van der Waals surface area contributed by atoms with Crippen molar-refractivity contribution in [2.75, 3.05) is 12.4 Å². The van der Waals surface area contributed by atoms with E-state index in [1.807, 2.05) is 55.7 Å². The van der Waals surface area contributed by atoms with Gasteiger partial charge in [-0.2, -0.15) is 0 Å². The third kappa shape index (κ3) is 4.47. The van der Waals surface area contributed by atoms with E-state index < -0.39 is 0 Å². The molecule has 25 heavy (non-hydrogen) atoms. The Hall–Kier alpha value is -3.08. The van der Waals surface area contributed by atoms with Crippen LogP contribution < -0.4 is 10.6 Å². The van der Waals surface area contributed by atoms with Crippen molar-refractivity contribution >= 4 is 17.1 Å². The number of aliphatic hydroxyl groups excluding tert-OH is 1. The summed E-state index contributed by atoms with van der Waals surface area (Å²) in [5.74, 6) is 1.08. The molecule has 0 atom stereocenters. The van der Waals surface area contributed by atoms with E-state index in [2.05, 4.69) is 20.6 Å². The van der Waals surface area contributed by atoms with Gasteiger partial charge in [-0.15, -0.1) is 0 Å². The molecule has 0 aliphatic heterocycles. The molecular weight excluding hydrogens is 312 g/mol. The van der Waals surface area contributed by atoms with E-state index in [1.54, 1.807) is 6.08 Å². The van der Waals surface area contributed by atoms with Crippen LogP contribution in [0.2, 0.25) is 0 Å². The van der Waals surface area contributed by atoms with Crippen LogP contribution in [0.3, 0.4) is 0 Å². The molecule has 3 N–H and O–H groups in total. The molecule has 0 radical (unpaired) electrons. The number of rotatable bonds is 6. The maximum Gasteiger partial charge on any atom is 0.134 e. The van der Waals surface area contributed by atoms with Crippen LogP contribution in [0.1, 0.15) is 25.0 Å². The van der Waals surface area contributed by atoms with Crippen LogP contribution in [0.5, 0.6) is 0 Å². The number of aliphatic hydroxyl groups is 1. The predicted molar refractivity (Wildman–Crippen MR) is 101 cm³/mol. The van der Waals surface area contributed by atoms with Crippen molar-refractivity contribution < 1.29 is 5.11 Å². The molecule has 1 saturated carbocycles. The molecule has 0 saturated heterocycles. The van der Waals surface area contributed by atoms with Crippen LogP contribution >= 0.6 is 0 Å². The number of anilines is 2. The molecule has 128 valence electrons. The molecule has 3 rings (SSSR count). The molecule has 1 fully saturated rings. The lowest BCUT2D eigenvalue weighted by Gasteiger charge is -2.16. The maximum absolute atomic E-state index is 10.1. The first kappa shape index (κ1) is 16.8. The quantitative estimate of drug-likeness (QED) is 0.542. The van der Waals surface area contributed by atoms with Gasteiger partial charge >= 0.3 is 0 Å². The Bertz CT molecular complexity index is 803. The summed E-state index contributed by atoms with van der Waals surface area (Å²) in [6, 6.07) is 11.8.